The lowest BCUT2D eigenvalue weighted by molar-refractivity contribution is -0.137. The lowest BCUT2D eigenvalue weighted by atomic mass is 9.91. The van der Waals surface area contributed by atoms with Crippen LogP contribution in [0.3, 0.4) is 0 Å². The summed E-state index contributed by atoms with van der Waals surface area (Å²) in [6, 6.07) is 5.04. The molecule has 0 fully saturated rings. The van der Waals surface area contributed by atoms with E-state index in [1.54, 1.807) is 7.11 Å². The van der Waals surface area contributed by atoms with Crippen molar-refractivity contribution in [3.05, 3.63) is 35.4 Å². The van der Waals surface area contributed by atoms with Crippen molar-refractivity contribution in [1.82, 2.24) is 5.32 Å². The molecule has 0 radical (unpaired) electrons. The molecule has 0 spiro atoms. The Morgan fingerprint density at radius 1 is 1.16 bits per heavy atom. The summed E-state index contributed by atoms with van der Waals surface area (Å²) < 4.78 is 43.0. The first-order valence-corrected chi connectivity index (χ1v) is 6.18. The average Bonchev–Trinajstić information content (AvgIpc) is 2.35. The predicted octanol–water partition coefficient (Wildman–Crippen LogP) is 3.78. The van der Waals surface area contributed by atoms with Crippen molar-refractivity contribution in [1.29, 1.82) is 0 Å². The summed E-state index contributed by atoms with van der Waals surface area (Å²) >= 11 is 0. The number of halogens is 3. The molecule has 0 aliphatic rings. The molecule has 0 bridgehead atoms. The molecule has 0 aliphatic heterocycles. The van der Waals surface area contributed by atoms with E-state index in [1.165, 1.54) is 12.1 Å². The number of nitrogens with one attached hydrogen (secondary N) is 1. The summed E-state index contributed by atoms with van der Waals surface area (Å²) in [5.41, 5.74) is -0.362. The zero-order valence-electron chi connectivity index (χ0n) is 11.6. The minimum Gasteiger partial charge on any atom is -0.377 e. The van der Waals surface area contributed by atoms with Crippen LogP contribution in [0.5, 0.6) is 0 Å². The second-order valence-corrected chi connectivity index (χ2v) is 4.92. The second-order valence-electron chi connectivity index (χ2n) is 4.92. The van der Waals surface area contributed by atoms with Gasteiger partial charge in [0.15, 0.2) is 0 Å². The molecule has 5 heteroatoms. The van der Waals surface area contributed by atoms with Gasteiger partial charge >= 0.3 is 6.18 Å². The van der Waals surface area contributed by atoms with E-state index in [-0.39, 0.29) is 6.04 Å². The molecule has 2 nitrogen and oxygen atoms in total. The van der Waals surface area contributed by atoms with Gasteiger partial charge in [-0.05, 0) is 38.1 Å². The number of hydrogen-bond donors (Lipinski definition) is 1. The summed E-state index contributed by atoms with van der Waals surface area (Å²) in [4.78, 5) is 0. The zero-order valence-corrected chi connectivity index (χ0v) is 11.6. The molecule has 19 heavy (non-hydrogen) atoms. The van der Waals surface area contributed by atoms with Crippen LogP contribution >= 0.6 is 0 Å². The van der Waals surface area contributed by atoms with Crippen LogP contribution < -0.4 is 5.32 Å². The lowest BCUT2D eigenvalue weighted by Crippen LogP contribution is -2.40. The Labute approximate surface area is 112 Å². The van der Waals surface area contributed by atoms with Gasteiger partial charge in [0.05, 0.1) is 17.2 Å². The van der Waals surface area contributed by atoms with Crippen LogP contribution in [-0.2, 0) is 10.9 Å². The fourth-order valence-electron chi connectivity index (χ4n) is 1.95. The Kier molecular flexibility index (Phi) is 4.98. The fourth-order valence-corrected chi connectivity index (χ4v) is 1.95. The molecular weight excluding hydrogens is 255 g/mol. The standard InChI is InChI=1S/C14H20F3NO/c1-5-18-12(13(2,3)19-4)10-6-8-11(9-7-10)14(15,16)17/h6-9,12,18H,5H2,1-4H3. The average molecular weight is 275 g/mol. The van der Waals surface area contributed by atoms with E-state index in [4.69, 9.17) is 4.74 Å². The molecule has 0 saturated carbocycles. The summed E-state index contributed by atoms with van der Waals surface area (Å²) in [6.07, 6.45) is -4.30. The maximum absolute atomic E-state index is 12.5. The van der Waals surface area contributed by atoms with E-state index < -0.39 is 17.3 Å². The van der Waals surface area contributed by atoms with Gasteiger partial charge in [-0.2, -0.15) is 13.2 Å². The highest BCUT2D eigenvalue weighted by Crippen LogP contribution is 2.32. The molecule has 1 aromatic rings. The first-order valence-electron chi connectivity index (χ1n) is 6.18. The van der Waals surface area contributed by atoms with Crippen LogP contribution in [0.4, 0.5) is 13.2 Å². The summed E-state index contributed by atoms with van der Waals surface area (Å²) in [7, 11) is 1.59. The van der Waals surface area contributed by atoms with Crippen LogP contribution in [0.1, 0.15) is 37.9 Å². The SMILES string of the molecule is CCNC(c1ccc(C(F)(F)F)cc1)C(C)(C)OC. The van der Waals surface area contributed by atoms with Crippen molar-refractivity contribution in [2.75, 3.05) is 13.7 Å². The Morgan fingerprint density at radius 3 is 2.05 bits per heavy atom. The summed E-state index contributed by atoms with van der Waals surface area (Å²) in [6.45, 7) is 6.46. The lowest BCUT2D eigenvalue weighted by Gasteiger charge is -2.34. The predicted molar refractivity (Wildman–Crippen MR) is 68.9 cm³/mol. The highest BCUT2D eigenvalue weighted by molar-refractivity contribution is 5.28. The van der Waals surface area contributed by atoms with Crippen molar-refractivity contribution >= 4 is 0 Å². The largest absolute Gasteiger partial charge is 0.416 e. The number of alkyl halides is 3. The third-order valence-electron chi connectivity index (χ3n) is 3.20. The van der Waals surface area contributed by atoms with Crippen LogP contribution in [0.25, 0.3) is 0 Å². The minimum absolute atomic E-state index is 0.162. The summed E-state index contributed by atoms with van der Waals surface area (Å²) in [5, 5.41) is 3.24. The van der Waals surface area contributed by atoms with Gasteiger partial charge < -0.3 is 10.1 Å². The van der Waals surface area contributed by atoms with E-state index >= 15 is 0 Å². The van der Waals surface area contributed by atoms with Gasteiger partial charge in [-0.1, -0.05) is 19.1 Å². The second kappa shape index (κ2) is 5.92. The molecule has 0 aliphatic carbocycles. The number of rotatable bonds is 5. The summed E-state index contributed by atoms with van der Waals surface area (Å²) in [5.74, 6) is 0. The molecule has 0 saturated heterocycles. The highest BCUT2D eigenvalue weighted by atomic mass is 19.4. The van der Waals surface area contributed by atoms with Gasteiger partial charge in [0, 0.05) is 7.11 Å². The van der Waals surface area contributed by atoms with E-state index in [1.807, 2.05) is 20.8 Å². The van der Waals surface area contributed by atoms with Crippen LogP contribution in [0, 0.1) is 0 Å². The highest BCUT2D eigenvalue weighted by Gasteiger charge is 2.33. The molecule has 1 rings (SSSR count). The molecule has 0 heterocycles. The smallest absolute Gasteiger partial charge is 0.377 e. The first-order chi connectivity index (χ1) is 8.72. The minimum atomic E-state index is -4.30. The van der Waals surface area contributed by atoms with Crippen molar-refractivity contribution in [3.8, 4) is 0 Å². The topological polar surface area (TPSA) is 21.3 Å². The molecule has 0 aromatic heterocycles. The number of hydrogen-bond acceptors (Lipinski definition) is 2. The number of benzene rings is 1. The third kappa shape index (κ3) is 3.94. The van der Waals surface area contributed by atoms with E-state index in [9.17, 15) is 13.2 Å². The van der Waals surface area contributed by atoms with E-state index in [0.717, 1.165) is 17.7 Å². The van der Waals surface area contributed by atoms with Crippen LogP contribution in [-0.4, -0.2) is 19.3 Å². The maximum atomic E-state index is 12.5. The Balaban J connectivity index is 3.05. The third-order valence-corrected chi connectivity index (χ3v) is 3.20. The van der Waals surface area contributed by atoms with Crippen molar-refractivity contribution < 1.29 is 17.9 Å². The van der Waals surface area contributed by atoms with Crippen LogP contribution in [0.2, 0.25) is 0 Å². The Morgan fingerprint density at radius 2 is 1.68 bits per heavy atom. The normalized spacial score (nSPS) is 14.5. The quantitative estimate of drug-likeness (QED) is 0.883. The molecule has 1 N–H and O–H groups in total. The van der Waals surface area contributed by atoms with Gasteiger partial charge in [-0.3, -0.25) is 0 Å². The number of methoxy groups -OCH3 is 1. The molecule has 1 aromatic carbocycles. The van der Waals surface area contributed by atoms with E-state index in [2.05, 4.69) is 5.32 Å². The van der Waals surface area contributed by atoms with Crippen molar-refractivity contribution in [2.24, 2.45) is 0 Å². The van der Waals surface area contributed by atoms with Gasteiger partial charge in [0.1, 0.15) is 0 Å². The number of ether oxygens (including phenoxy) is 1. The Bertz CT molecular complexity index is 398. The zero-order chi connectivity index (χ0) is 14.7. The van der Waals surface area contributed by atoms with Gasteiger partial charge in [-0.25, -0.2) is 0 Å². The fraction of sp³-hybridized carbons (Fsp3) is 0.571. The molecule has 1 atom stereocenters. The van der Waals surface area contributed by atoms with Crippen molar-refractivity contribution in [2.45, 2.75) is 38.6 Å². The molecule has 0 amide bonds. The first kappa shape index (κ1) is 16.0. The van der Waals surface area contributed by atoms with Gasteiger partial charge in [-0.15, -0.1) is 0 Å². The van der Waals surface area contributed by atoms with Gasteiger partial charge in [0.2, 0.25) is 0 Å². The number of likely N-dealkylation sites (N-methyl/N-ethyl adjacent to an activating group) is 1. The van der Waals surface area contributed by atoms with Crippen molar-refractivity contribution in [3.63, 3.8) is 0 Å². The maximum Gasteiger partial charge on any atom is 0.416 e. The molecular formula is C14H20F3NO. The van der Waals surface area contributed by atoms with Crippen LogP contribution in [0.15, 0.2) is 24.3 Å². The monoisotopic (exact) mass is 275 g/mol. The van der Waals surface area contributed by atoms with E-state index in [0.29, 0.717) is 6.54 Å². The van der Waals surface area contributed by atoms with Gasteiger partial charge in [0.25, 0.3) is 0 Å². The molecule has 108 valence electrons. The Hall–Kier alpha value is -1.07. The molecule has 1 unspecified atom stereocenters.